The first-order valence-corrected chi connectivity index (χ1v) is 7.88. The SMILES string of the molecule is CCC(CC)(c1ccccc1)C(O)c1sccc1Cl. The molecular formula is C16H19ClOS. The van der Waals surface area contributed by atoms with Crippen molar-refractivity contribution >= 4 is 22.9 Å². The molecule has 0 fully saturated rings. The minimum absolute atomic E-state index is 0.268. The fourth-order valence-corrected chi connectivity index (χ4v) is 3.98. The molecule has 1 aromatic heterocycles. The summed E-state index contributed by atoms with van der Waals surface area (Å²) < 4.78 is 0. The van der Waals surface area contributed by atoms with E-state index in [1.807, 2.05) is 29.6 Å². The van der Waals surface area contributed by atoms with Crippen LogP contribution in [0.25, 0.3) is 0 Å². The minimum Gasteiger partial charge on any atom is -0.387 e. The van der Waals surface area contributed by atoms with Gasteiger partial charge in [-0.1, -0.05) is 55.8 Å². The molecule has 1 unspecified atom stereocenters. The van der Waals surface area contributed by atoms with E-state index in [0.29, 0.717) is 5.02 Å². The molecule has 0 spiro atoms. The third kappa shape index (κ3) is 2.58. The highest BCUT2D eigenvalue weighted by molar-refractivity contribution is 7.10. The molecular weight excluding hydrogens is 276 g/mol. The van der Waals surface area contributed by atoms with Crippen LogP contribution in [0.15, 0.2) is 41.8 Å². The van der Waals surface area contributed by atoms with Crippen molar-refractivity contribution in [2.45, 2.75) is 38.2 Å². The highest BCUT2D eigenvalue weighted by atomic mass is 35.5. The molecule has 3 heteroatoms. The summed E-state index contributed by atoms with van der Waals surface area (Å²) in [5.74, 6) is 0. The average molecular weight is 295 g/mol. The second-order valence-electron chi connectivity index (χ2n) is 4.76. The van der Waals surface area contributed by atoms with Gasteiger partial charge in [-0.15, -0.1) is 11.3 Å². The lowest BCUT2D eigenvalue weighted by Crippen LogP contribution is -2.32. The van der Waals surface area contributed by atoms with E-state index < -0.39 is 6.10 Å². The fraction of sp³-hybridized carbons (Fsp3) is 0.375. The molecule has 19 heavy (non-hydrogen) atoms. The number of hydrogen-bond acceptors (Lipinski definition) is 2. The lowest BCUT2D eigenvalue weighted by Gasteiger charge is -2.37. The molecule has 2 aromatic rings. The predicted molar refractivity (Wildman–Crippen MR) is 83.0 cm³/mol. The van der Waals surface area contributed by atoms with Gasteiger partial charge in [0.25, 0.3) is 0 Å². The van der Waals surface area contributed by atoms with Crippen molar-refractivity contribution in [1.29, 1.82) is 0 Å². The number of aliphatic hydroxyl groups is 1. The number of hydrogen-bond donors (Lipinski definition) is 1. The number of halogens is 1. The van der Waals surface area contributed by atoms with Crippen LogP contribution in [0.4, 0.5) is 0 Å². The Morgan fingerprint density at radius 1 is 1.16 bits per heavy atom. The normalized spacial score (nSPS) is 13.5. The Kier molecular flexibility index (Phi) is 4.67. The van der Waals surface area contributed by atoms with Gasteiger partial charge in [-0.3, -0.25) is 0 Å². The van der Waals surface area contributed by atoms with E-state index in [2.05, 4.69) is 26.0 Å². The highest BCUT2D eigenvalue weighted by Crippen LogP contribution is 2.46. The van der Waals surface area contributed by atoms with Crippen molar-refractivity contribution in [3.8, 4) is 0 Å². The average Bonchev–Trinajstić information content (AvgIpc) is 2.88. The number of thiophene rings is 1. The Bertz CT molecular complexity index is 517. The van der Waals surface area contributed by atoms with Crippen LogP contribution >= 0.6 is 22.9 Å². The molecule has 0 amide bonds. The topological polar surface area (TPSA) is 20.2 Å². The molecule has 0 radical (unpaired) electrons. The monoisotopic (exact) mass is 294 g/mol. The molecule has 0 saturated heterocycles. The van der Waals surface area contributed by atoms with Crippen molar-refractivity contribution < 1.29 is 5.11 Å². The number of benzene rings is 1. The van der Waals surface area contributed by atoms with E-state index >= 15 is 0 Å². The third-order valence-corrected chi connectivity index (χ3v) is 5.44. The second kappa shape index (κ2) is 6.08. The number of aliphatic hydroxyl groups excluding tert-OH is 1. The molecule has 1 heterocycles. The van der Waals surface area contributed by atoms with Crippen LogP contribution in [0.2, 0.25) is 5.02 Å². The van der Waals surface area contributed by atoms with Crippen LogP contribution in [0.5, 0.6) is 0 Å². The lowest BCUT2D eigenvalue weighted by atomic mass is 9.71. The fourth-order valence-electron chi connectivity index (χ4n) is 2.72. The Labute approximate surface area is 123 Å². The maximum Gasteiger partial charge on any atom is 0.0992 e. The van der Waals surface area contributed by atoms with Crippen molar-refractivity contribution in [3.63, 3.8) is 0 Å². The van der Waals surface area contributed by atoms with Gasteiger partial charge in [0.2, 0.25) is 0 Å². The maximum atomic E-state index is 10.9. The summed E-state index contributed by atoms with van der Waals surface area (Å²) in [4.78, 5) is 0.870. The van der Waals surface area contributed by atoms with E-state index in [1.54, 1.807) is 0 Å². The van der Waals surface area contributed by atoms with Gasteiger partial charge in [0.1, 0.15) is 0 Å². The zero-order valence-corrected chi connectivity index (χ0v) is 12.8. The molecule has 0 aliphatic rings. The standard InChI is InChI=1S/C16H19ClOS/c1-3-16(4-2,12-8-6-5-7-9-12)15(18)14-13(17)10-11-19-14/h5-11,15,18H,3-4H2,1-2H3. The molecule has 1 nitrogen and oxygen atoms in total. The maximum absolute atomic E-state index is 10.9. The van der Waals surface area contributed by atoms with Crippen molar-refractivity contribution in [3.05, 3.63) is 57.2 Å². The molecule has 0 saturated carbocycles. The van der Waals surface area contributed by atoms with Crippen LogP contribution in [0, 0.1) is 0 Å². The molecule has 1 aromatic carbocycles. The van der Waals surface area contributed by atoms with E-state index in [-0.39, 0.29) is 5.41 Å². The number of rotatable bonds is 5. The molecule has 0 aliphatic carbocycles. The lowest BCUT2D eigenvalue weighted by molar-refractivity contribution is 0.0759. The van der Waals surface area contributed by atoms with Crippen LogP contribution in [-0.2, 0) is 5.41 Å². The van der Waals surface area contributed by atoms with Gasteiger partial charge in [-0.25, -0.2) is 0 Å². The Morgan fingerprint density at radius 2 is 1.79 bits per heavy atom. The summed E-state index contributed by atoms with van der Waals surface area (Å²) in [6, 6.07) is 12.1. The summed E-state index contributed by atoms with van der Waals surface area (Å²) in [7, 11) is 0. The van der Waals surface area contributed by atoms with Gasteiger partial charge < -0.3 is 5.11 Å². The van der Waals surface area contributed by atoms with Crippen molar-refractivity contribution in [1.82, 2.24) is 0 Å². The summed E-state index contributed by atoms with van der Waals surface area (Å²) in [6.45, 7) is 4.25. The van der Waals surface area contributed by atoms with E-state index in [4.69, 9.17) is 11.6 Å². The summed E-state index contributed by atoms with van der Waals surface area (Å²) in [6.07, 6.45) is 1.20. The van der Waals surface area contributed by atoms with Crippen LogP contribution in [0.3, 0.4) is 0 Å². The highest BCUT2D eigenvalue weighted by Gasteiger charge is 2.38. The smallest absolute Gasteiger partial charge is 0.0992 e. The summed E-state index contributed by atoms with van der Waals surface area (Å²) in [5, 5.41) is 13.5. The van der Waals surface area contributed by atoms with Crippen LogP contribution < -0.4 is 0 Å². The second-order valence-corrected chi connectivity index (χ2v) is 6.12. The Balaban J connectivity index is 2.48. The molecule has 102 valence electrons. The van der Waals surface area contributed by atoms with E-state index in [0.717, 1.165) is 17.7 Å². The Hall–Kier alpha value is -0.830. The molecule has 0 aliphatic heterocycles. The van der Waals surface area contributed by atoms with E-state index in [9.17, 15) is 5.11 Å². The van der Waals surface area contributed by atoms with Gasteiger partial charge in [-0.05, 0) is 29.9 Å². The molecule has 1 N–H and O–H groups in total. The minimum atomic E-state index is -0.558. The van der Waals surface area contributed by atoms with Crippen LogP contribution in [0.1, 0.15) is 43.2 Å². The van der Waals surface area contributed by atoms with Gasteiger partial charge in [0.15, 0.2) is 0 Å². The summed E-state index contributed by atoms with van der Waals surface area (Å²) >= 11 is 7.72. The molecule has 2 rings (SSSR count). The zero-order chi connectivity index (χ0) is 13.9. The third-order valence-electron chi connectivity index (χ3n) is 4.03. The van der Waals surface area contributed by atoms with Gasteiger partial charge >= 0.3 is 0 Å². The van der Waals surface area contributed by atoms with Gasteiger partial charge in [0, 0.05) is 5.41 Å². The largest absolute Gasteiger partial charge is 0.387 e. The van der Waals surface area contributed by atoms with Crippen molar-refractivity contribution in [2.24, 2.45) is 0 Å². The van der Waals surface area contributed by atoms with Gasteiger partial charge in [-0.2, -0.15) is 0 Å². The first-order chi connectivity index (χ1) is 9.15. The zero-order valence-electron chi connectivity index (χ0n) is 11.3. The summed E-state index contributed by atoms with van der Waals surface area (Å²) in [5.41, 5.74) is 0.910. The first kappa shape index (κ1) is 14.6. The van der Waals surface area contributed by atoms with E-state index in [1.165, 1.54) is 16.9 Å². The first-order valence-electron chi connectivity index (χ1n) is 6.62. The quantitative estimate of drug-likeness (QED) is 0.804. The molecule has 0 bridgehead atoms. The molecule has 1 atom stereocenters. The van der Waals surface area contributed by atoms with Gasteiger partial charge in [0.05, 0.1) is 16.0 Å². The Morgan fingerprint density at radius 3 is 2.26 bits per heavy atom. The van der Waals surface area contributed by atoms with Crippen LogP contribution in [-0.4, -0.2) is 5.11 Å². The predicted octanol–water partition coefficient (Wildman–Crippen LogP) is 5.19. The van der Waals surface area contributed by atoms with Crippen molar-refractivity contribution in [2.75, 3.05) is 0 Å².